The van der Waals surface area contributed by atoms with Crippen LogP contribution in [0, 0.1) is 5.82 Å². The highest BCUT2D eigenvalue weighted by atomic mass is 19.4. The van der Waals surface area contributed by atoms with Gasteiger partial charge in [0, 0.05) is 11.6 Å². The van der Waals surface area contributed by atoms with Gasteiger partial charge in [0.25, 0.3) is 0 Å². The van der Waals surface area contributed by atoms with Crippen molar-refractivity contribution in [1.82, 2.24) is 0 Å². The maximum atomic E-state index is 13.7. The zero-order valence-corrected chi connectivity index (χ0v) is 13.4. The van der Waals surface area contributed by atoms with Crippen LogP contribution in [0.3, 0.4) is 0 Å². The van der Waals surface area contributed by atoms with E-state index in [2.05, 4.69) is 5.32 Å². The average molecular weight is 353 g/mol. The molecule has 0 aliphatic carbocycles. The Hall–Kier alpha value is -2.83. The summed E-state index contributed by atoms with van der Waals surface area (Å²) in [7, 11) is 1.48. The second-order valence-electron chi connectivity index (χ2n) is 5.21. The normalized spacial score (nSPS) is 12.0. The van der Waals surface area contributed by atoms with Crippen LogP contribution in [0.15, 0.2) is 48.5 Å². The van der Waals surface area contributed by atoms with Gasteiger partial charge in [-0.25, -0.2) is 4.39 Å². The van der Waals surface area contributed by atoms with Gasteiger partial charge < -0.3 is 10.1 Å². The van der Waals surface area contributed by atoms with Gasteiger partial charge >= 0.3 is 6.18 Å². The monoisotopic (exact) mass is 353 g/mol. The van der Waals surface area contributed by atoms with Crippen LogP contribution in [0.5, 0.6) is 5.75 Å². The fourth-order valence-electron chi connectivity index (χ4n) is 2.21. The fraction of sp³-hybridized carbons (Fsp3) is 0.167. The Kier molecular flexibility index (Phi) is 5.46. The second kappa shape index (κ2) is 7.38. The predicted octanol–water partition coefficient (Wildman–Crippen LogP) is 4.90. The van der Waals surface area contributed by atoms with Crippen molar-refractivity contribution in [2.45, 2.75) is 13.1 Å². The van der Waals surface area contributed by atoms with Crippen molar-refractivity contribution in [2.24, 2.45) is 0 Å². The maximum absolute atomic E-state index is 13.7. The summed E-state index contributed by atoms with van der Waals surface area (Å²) in [5.74, 6) is -1.17. The first kappa shape index (κ1) is 18.5. The highest BCUT2D eigenvalue weighted by Gasteiger charge is 2.31. The molecule has 0 radical (unpaired) electrons. The van der Waals surface area contributed by atoms with Gasteiger partial charge in [-0.15, -0.1) is 0 Å². The predicted molar refractivity (Wildman–Crippen MR) is 86.7 cm³/mol. The molecule has 3 nitrogen and oxygen atoms in total. The molecule has 1 N–H and O–H groups in total. The molecule has 1 amide bonds. The molecule has 0 unspecified atom stereocenters. The number of anilines is 1. The minimum atomic E-state index is -4.63. The number of benzene rings is 2. The highest BCUT2D eigenvalue weighted by Crippen LogP contribution is 2.32. The summed E-state index contributed by atoms with van der Waals surface area (Å²) in [6.45, 7) is 1.64. The number of hydrogen-bond donors (Lipinski definition) is 1. The molecule has 0 saturated heterocycles. The zero-order chi connectivity index (χ0) is 18.6. The molecule has 2 aromatic carbocycles. The van der Waals surface area contributed by atoms with E-state index in [9.17, 15) is 22.4 Å². The summed E-state index contributed by atoms with van der Waals surface area (Å²) in [6.07, 6.45) is -3.46. The first-order valence-corrected chi connectivity index (χ1v) is 7.22. The lowest BCUT2D eigenvalue weighted by atomic mass is 10.1. The molecule has 132 valence electrons. The number of nitrogens with one attached hydrogen (secondary N) is 1. The lowest BCUT2D eigenvalue weighted by molar-refractivity contribution is -0.137. The summed E-state index contributed by atoms with van der Waals surface area (Å²) in [5, 5.41) is 2.13. The van der Waals surface area contributed by atoms with Crippen LogP contribution >= 0.6 is 0 Å². The Morgan fingerprint density at radius 3 is 2.48 bits per heavy atom. The van der Waals surface area contributed by atoms with Gasteiger partial charge in [0.05, 0.1) is 18.4 Å². The number of alkyl halides is 3. The third-order valence-electron chi connectivity index (χ3n) is 3.43. The summed E-state index contributed by atoms with van der Waals surface area (Å²) in [5.41, 5.74) is -0.425. The van der Waals surface area contributed by atoms with E-state index in [1.807, 2.05) is 0 Å². The van der Waals surface area contributed by atoms with Crippen LogP contribution in [-0.4, -0.2) is 13.0 Å². The number of allylic oxidation sites excluding steroid dienone is 1. The second-order valence-corrected chi connectivity index (χ2v) is 5.21. The van der Waals surface area contributed by atoms with Gasteiger partial charge in [0.15, 0.2) is 0 Å². The average Bonchev–Trinajstić information content (AvgIpc) is 2.55. The lowest BCUT2D eigenvalue weighted by Gasteiger charge is -2.11. The van der Waals surface area contributed by atoms with Crippen LogP contribution < -0.4 is 10.1 Å². The van der Waals surface area contributed by atoms with E-state index in [0.29, 0.717) is 35.1 Å². The van der Waals surface area contributed by atoms with E-state index in [4.69, 9.17) is 4.74 Å². The van der Waals surface area contributed by atoms with Crippen LogP contribution in [0.4, 0.5) is 23.2 Å². The zero-order valence-electron chi connectivity index (χ0n) is 13.4. The number of methoxy groups -OCH3 is 1. The van der Waals surface area contributed by atoms with Crippen molar-refractivity contribution < 1.29 is 27.1 Å². The van der Waals surface area contributed by atoms with Crippen molar-refractivity contribution >= 4 is 17.2 Å². The lowest BCUT2D eigenvalue weighted by Crippen LogP contribution is -2.12. The number of ether oxygens (including phenoxy) is 1. The Morgan fingerprint density at radius 1 is 1.16 bits per heavy atom. The molecular weight excluding hydrogens is 338 g/mol. The van der Waals surface area contributed by atoms with E-state index in [1.54, 1.807) is 31.2 Å². The summed E-state index contributed by atoms with van der Waals surface area (Å²) in [6, 6.07) is 8.77. The number of hydrogen-bond acceptors (Lipinski definition) is 2. The number of carbonyl (C=O) groups is 1. The fourth-order valence-corrected chi connectivity index (χ4v) is 2.21. The van der Waals surface area contributed by atoms with Gasteiger partial charge in [-0.3, -0.25) is 4.79 Å². The SMILES string of the molecule is COc1ccccc1C(C)=CC(=O)Nc1cc(C(F)(F)F)ccc1F. The topological polar surface area (TPSA) is 38.3 Å². The van der Waals surface area contributed by atoms with Crippen molar-refractivity contribution in [2.75, 3.05) is 12.4 Å². The number of rotatable bonds is 4. The molecule has 2 rings (SSSR count). The van der Waals surface area contributed by atoms with Crippen LogP contribution in [-0.2, 0) is 11.0 Å². The molecule has 25 heavy (non-hydrogen) atoms. The first-order chi connectivity index (χ1) is 11.7. The minimum Gasteiger partial charge on any atom is -0.496 e. The van der Waals surface area contributed by atoms with Gasteiger partial charge in [-0.1, -0.05) is 18.2 Å². The molecule has 0 spiro atoms. The molecule has 0 fully saturated rings. The number of carbonyl (C=O) groups excluding carboxylic acids is 1. The molecule has 0 heterocycles. The van der Waals surface area contributed by atoms with Gasteiger partial charge in [-0.05, 0) is 36.8 Å². The smallest absolute Gasteiger partial charge is 0.416 e. The Balaban J connectivity index is 2.25. The molecule has 7 heteroatoms. The van der Waals surface area contributed by atoms with Crippen molar-refractivity contribution in [3.63, 3.8) is 0 Å². The summed E-state index contributed by atoms with van der Waals surface area (Å²) >= 11 is 0. The van der Waals surface area contributed by atoms with Gasteiger partial charge in [-0.2, -0.15) is 13.2 Å². The van der Waals surface area contributed by atoms with E-state index in [-0.39, 0.29) is 0 Å². The third kappa shape index (κ3) is 4.59. The molecule has 0 bridgehead atoms. The Labute approximate surface area is 141 Å². The number of halogens is 4. The minimum absolute atomic E-state index is 0.516. The molecule has 0 aliphatic heterocycles. The largest absolute Gasteiger partial charge is 0.496 e. The third-order valence-corrected chi connectivity index (χ3v) is 3.43. The molecule has 0 atom stereocenters. The van der Waals surface area contributed by atoms with E-state index in [0.717, 1.165) is 6.08 Å². The number of amides is 1. The van der Waals surface area contributed by atoms with Gasteiger partial charge in [0.1, 0.15) is 11.6 Å². The molecular formula is C18H15F4NO2. The summed E-state index contributed by atoms with van der Waals surface area (Å²) < 4.78 is 56.9. The Morgan fingerprint density at radius 2 is 1.84 bits per heavy atom. The van der Waals surface area contributed by atoms with E-state index in [1.165, 1.54) is 7.11 Å². The van der Waals surface area contributed by atoms with Crippen molar-refractivity contribution in [3.05, 3.63) is 65.5 Å². The Bertz CT molecular complexity index is 813. The first-order valence-electron chi connectivity index (χ1n) is 7.22. The maximum Gasteiger partial charge on any atom is 0.416 e. The molecule has 0 saturated carbocycles. The number of para-hydroxylation sites is 1. The highest BCUT2D eigenvalue weighted by molar-refractivity contribution is 6.04. The molecule has 2 aromatic rings. The van der Waals surface area contributed by atoms with Crippen LogP contribution in [0.1, 0.15) is 18.1 Å². The quantitative estimate of drug-likeness (QED) is 0.627. The molecule has 0 aromatic heterocycles. The van der Waals surface area contributed by atoms with Crippen molar-refractivity contribution in [3.8, 4) is 5.75 Å². The van der Waals surface area contributed by atoms with Gasteiger partial charge in [0.2, 0.25) is 5.91 Å². The molecule has 0 aliphatic rings. The van der Waals surface area contributed by atoms with Crippen LogP contribution in [0.2, 0.25) is 0 Å². The van der Waals surface area contributed by atoms with E-state index < -0.39 is 29.2 Å². The summed E-state index contributed by atoms with van der Waals surface area (Å²) in [4.78, 5) is 12.0. The van der Waals surface area contributed by atoms with E-state index >= 15 is 0 Å². The van der Waals surface area contributed by atoms with Crippen molar-refractivity contribution in [1.29, 1.82) is 0 Å². The van der Waals surface area contributed by atoms with Crippen LogP contribution in [0.25, 0.3) is 5.57 Å². The standard InChI is InChI=1S/C18H15F4NO2/c1-11(13-5-3-4-6-16(13)25-2)9-17(24)23-15-10-12(18(20,21)22)7-8-14(15)19/h3-10H,1-2H3,(H,23,24).